The lowest BCUT2D eigenvalue weighted by Gasteiger charge is -2.06. The number of carbonyl (C=O) groups is 2. The van der Waals surface area contributed by atoms with Gasteiger partial charge in [0, 0.05) is 12.1 Å². The van der Waals surface area contributed by atoms with Crippen LogP contribution in [-0.4, -0.2) is 12.3 Å². The van der Waals surface area contributed by atoms with E-state index < -0.39 is 6.03 Å². The van der Waals surface area contributed by atoms with E-state index >= 15 is 0 Å². The fourth-order valence-corrected chi connectivity index (χ4v) is 2.02. The van der Waals surface area contributed by atoms with Crippen LogP contribution in [0.1, 0.15) is 12.0 Å². The highest BCUT2D eigenvalue weighted by Crippen LogP contribution is 2.22. The molecule has 0 fully saturated rings. The summed E-state index contributed by atoms with van der Waals surface area (Å²) in [6.07, 6.45) is 2.21. The monoisotopic (exact) mass is 268 g/mol. The van der Waals surface area contributed by atoms with Crippen LogP contribution in [0.2, 0.25) is 0 Å². The van der Waals surface area contributed by atoms with Gasteiger partial charge in [0.25, 0.3) is 0 Å². The minimum atomic E-state index is -0.575. The first kappa shape index (κ1) is 13.8. The molecule has 2 aromatic rings. The van der Waals surface area contributed by atoms with Gasteiger partial charge in [0.15, 0.2) is 0 Å². The van der Waals surface area contributed by atoms with E-state index in [0.29, 0.717) is 12.1 Å². The quantitative estimate of drug-likeness (QED) is 0.818. The summed E-state index contributed by atoms with van der Waals surface area (Å²) < 4.78 is 0. The zero-order valence-corrected chi connectivity index (χ0v) is 11.0. The van der Waals surface area contributed by atoms with E-state index in [0.717, 1.165) is 29.4 Å². The Bertz CT molecular complexity index is 606. The average Bonchev–Trinajstić information content (AvgIpc) is 2.45. The van der Waals surface area contributed by atoms with Crippen molar-refractivity contribution >= 4 is 18.0 Å². The lowest BCUT2D eigenvalue weighted by atomic mass is 10.0. The second kappa shape index (κ2) is 6.52. The van der Waals surface area contributed by atoms with Crippen LogP contribution < -0.4 is 11.1 Å². The van der Waals surface area contributed by atoms with Gasteiger partial charge in [-0.2, -0.15) is 0 Å². The zero-order valence-electron chi connectivity index (χ0n) is 11.0. The third-order valence-corrected chi connectivity index (χ3v) is 2.96. The molecule has 20 heavy (non-hydrogen) atoms. The Labute approximate surface area is 117 Å². The highest BCUT2D eigenvalue weighted by Gasteiger charge is 2.01. The third kappa shape index (κ3) is 3.68. The molecule has 4 nitrogen and oxygen atoms in total. The summed E-state index contributed by atoms with van der Waals surface area (Å²) in [4.78, 5) is 21.2. The molecule has 2 amide bonds. The van der Waals surface area contributed by atoms with E-state index in [-0.39, 0.29) is 0 Å². The summed E-state index contributed by atoms with van der Waals surface area (Å²) in [5.41, 5.74) is 8.99. The van der Waals surface area contributed by atoms with Crippen molar-refractivity contribution in [2.45, 2.75) is 12.8 Å². The molecule has 2 aromatic carbocycles. The Hall–Kier alpha value is -2.62. The van der Waals surface area contributed by atoms with Crippen molar-refractivity contribution in [3.8, 4) is 11.1 Å². The molecular formula is C16H16N2O2. The van der Waals surface area contributed by atoms with Gasteiger partial charge in [0.2, 0.25) is 0 Å². The molecule has 0 unspecified atom stereocenters. The normalized spacial score (nSPS) is 10.0. The molecule has 102 valence electrons. The van der Waals surface area contributed by atoms with Gasteiger partial charge in [-0.3, -0.25) is 0 Å². The number of aryl methyl sites for hydroxylation is 1. The van der Waals surface area contributed by atoms with E-state index in [1.165, 1.54) is 0 Å². The van der Waals surface area contributed by atoms with E-state index in [9.17, 15) is 9.59 Å². The van der Waals surface area contributed by atoms with Gasteiger partial charge >= 0.3 is 6.03 Å². The number of nitrogens with one attached hydrogen (secondary N) is 1. The average molecular weight is 268 g/mol. The third-order valence-electron chi connectivity index (χ3n) is 2.96. The molecule has 0 atom stereocenters. The Morgan fingerprint density at radius 1 is 1.10 bits per heavy atom. The standard InChI is InChI=1S/C16H16N2O2/c17-16(20)18-15-8-6-13(7-9-15)14-5-1-3-12(11-14)4-2-10-19/h1,3,5-11H,2,4H2,(H3,17,18,20). The number of anilines is 1. The van der Waals surface area contributed by atoms with Crippen molar-refractivity contribution in [3.05, 3.63) is 54.1 Å². The number of amides is 2. The smallest absolute Gasteiger partial charge is 0.316 e. The summed E-state index contributed by atoms with van der Waals surface area (Å²) in [5.74, 6) is 0. The minimum Gasteiger partial charge on any atom is -0.351 e. The van der Waals surface area contributed by atoms with E-state index in [1.807, 2.05) is 30.3 Å². The fraction of sp³-hybridized carbons (Fsp3) is 0.125. The van der Waals surface area contributed by atoms with Gasteiger partial charge in [-0.05, 0) is 35.2 Å². The predicted molar refractivity (Wildman–Crippen MR) is 79.5 cm³/mol. The molecule has 0 spiro atoms. The van der Waals surface area contributed by atoms with Crippen molar-refractivity contribution in [2.75, 3.05) is 5.32 Å². The summed E-state index contributed by atoms with van der Waals surface area (Å²) in [7, 11) is 0. The van der Waals surface area contributed by atoms with Crippen molar-refractivity contribution in [3.63, 3.8) is 0 Å². The fourth-order valence-electron chi connectivity index (χ4n) is 2.02. The largest absolute Gasteiger partial charge is 0.351 e. The zero-order chi connectivity index (χ0) is 14.4. The van der Waals surface area contributed by atoms with Gasteiger partial charge in [-0.15, -0.1) is 0 Å². The Morgan fingerprint density at radius 2 is 1.85 bits per heavy atom. The van der Waals surface area contributed by atoms with Crippen LogP contribution in [0.15, 0.2) is 48.5 Å². The Balaban J connectivity index is 2.18. The number of urea groups is 1. The maximum absolute atomic E-state index is 10.8. The minimum absolute atomic E-state index is 0.533. The number of benzene rings is 2. The molecule has 0 heterocycles. The van der Waals surface area contributed by atoms with Crippen LogP contribution in [0.3, 0.4) is 0 Å². The lowest BCUT2D eigenvalue weighted by molar-refractivity contribution is -0.107. The first-order valence-electron chi connectivity index (χ1n) is 6.38. The van der Waals surface area contributed by atoms with Crippen LogP contribution in [0.5, 0.6) is 0 Å². The molecule has 0 aliphatic rings. The van der Waals surface area contributed by atoms with Crippen molar-refractivity contribution < 1.29 is 9.59 Å². The van der Waals surface area contributed by atoms with Gasteiger partial charge in [-0.1, -0.05) is 36.4 Å². The van der Waals surface area contributed by atoms with Crippen molar-refractivity contribution in [2.24, 2.45) is 5.73 Å². The molecule has 0 bridgehead atoms. The summed E-state index contributed by atoms with van der Waals surface area (Å²) in [6.45, 7) is 0. The number of rotatable bonds is 5. The maximum Gasteiger partial charge on any atom is 0.316 e. The topological polar surface area (TPSA) is 72.2 Å². The first-order chi connectivity index (χ1) is 9.69. The number of primary amides is 1. The first-order valence-corrected chi connectivity index (χ1v) is 6.38. The van der Waals surface area contributed by atoms with E-state index in [1.54, 1.807) is 12.1 Å². The molecule has 0 aromatic heterocycles. The highest BCUT2D eigenvalue weighted by atomic mass is 16.2. The number of aldehydes is 1. The number of carbonyl (C=O) groups excluding carboxylic acids is 2. The summed E-state index contributed by atoms with van der Waals surface area (Å²) in [6, 6.07) is 14.9. The number of hydrogen-bond donors (Lipinski definition) is 2. The molecule has 2 rings (SSSR count). The molecule has 0 saturated heterocycles. The van der Waals surface area contributed by atoms with E-state index in [2.05, 4.69) is 11.4 Å². The number of nitrogens with two attached hydrogens (primary N) is 1. The van der Waals surface area contributed by atoms with Gasteiger partial charge in [-0.25, -0.2) is 4.79 Å². The van der Waals surface area contributed by atoms with Gasteiger partial charge < -0.3 is 15.8 Å². The Morgan fingerprint density at radius 3 is 2.50 bits per heavy atom. The van der Waals surface area contributed by atoms with E-state index in [4.69, 9.17) is 5.73 Å². The SMILES string of the molecule is NC(=O)Nc1ccc(-c2cccc(CCC=O)c2)cc1. The molecule has 4 heteroatoms. The molecule has 0 saturated carbocycles. The van der Waals surface area contributed by atoms with Gasteiger partial charge in [0.05, 0.1) is 0 Å². The molecule has 0 radical (unpaired) electrons. The Kier molecular flexibility index (Phi) is 4.50. The maximum atomic E-state index is 10.8. The second-order valence-electron chi connectivity index (χ2n) is 4.47. The van der Waals surface area contributed by atoms with Crippen LogP contribution in [0.4, 0.5) is 10.5 Å². The molecule has 0 aliphatic carbocycles. The molecular weight excluding hydrogens is 252 g/mol. The molecule has 3 N–H and O–H groups in total. The number of hydrogen-bond acceptors (Lipinski definition) is 2. The summed E-state index contributed by atoms with van der Waals surface area (Å²) in [5, 5.41) is 2.52. The summed E-state index contributed by atoms with van der Waals surface area (Å²) >= 11 is 0. The predicted octanol–water partition coefficient (Wildman–Crippen LogP) is 2.98. The van der Waals surface area contributed by atoms with Crippen LogP contribution >= 0.6 is 0 Å². The van der Waals surface area contributed by atoms with Crippen LogP contribution in [0, 0.1) is 0 Å². The van der Waals surface area contributed by atoms with Crippen LogP contribution in [-0.2, 0) is 11.2 Å². The second-order valence-corrected chi connectivity index (χ2v) is 4.47. The van der Waals surface area contributed by atoms with Crippen LogP contribution in [0.25, 0.3) is 11.1 Å². The lowest BCUT2D eigenvalue weighted by Crippen LogP contribution is -2.19. The van der Waals surface area contributed by atoms with Crippen molar-refractivity contribution in [1.29, 1.82) is 0 Å². The van der Waals surface area contributed by atoms with Gasteiger partial charge in [0.1, 0.15) is 6.29 Å². The highest BCUT2D eigenvalue weighted by molar-refractivity contribution is 5.88. The van der Waals surface area contributed by atoms with Crippen molar-refractivity contribution in [1.82, 2.24) is 0 Å². The molecule has 0 aliphatic heterocycles.